The van der Waals surface area contributed by atoms with Crippen molar-refractivity contribution in [1.82, 2.24) is 10.6 Å². The number of aliphatic hydroxyl groups is 1. The van der Waals surface area contributed by atoms with Crippen LogP contribution in [-0.2, 0) is 9.53 Å². The van der Waals surface area contributed by atoms with Crippen LogP contribution in [0.15, 0.2) is 0 Å². The van der Waals surface area contributed by atoms with E-state index in [0.717, 1.165) is 13.1 Å². The molecule has 3 N–H and O–H groups in total. The van der Waals surface area contributed by atoms with Gasteiger partial charge < -0.3 is 20.5 Å². The number of nitrogens with one attached hydrogen (secondary N) is 2. The molecule has 0 amide bonds. The lowest BCUT2D eigenvalue weighted by Gasteiger charge is -2.31. The van der Waals surface area contributed by atoms with E-state index < -0.39 is 0 Å². The minimum Gasteiger partial charge on any atom is -0.468 e. The van der Waals surface area contributed by atoms with Gasteiger partial charge in [0.05, 0.1) is 13.7 Å². The Hall–Kier alpha value is -0.650. The molecule has 4 saturated carbocycles. The third kappa shape index (κ3) is 1.11. The first-order chi connectivity index (χ1) is 11.2. The Kier molecular flexibility index (Phi) is 2.42. The number of piperidine rings is 4. The van der Waals surface area contributed by atoms with Crippen LogP contribution in [0, 0.1) is 32.5 Å². The molecule has 4 unspecified atom stereocenters. The largest absolute Gasteiger partial charge is 0.468 e. The molecule has 5 heteroatoms. The number of aliphatic hydroxyl groups excluding tert-OH is 1. The van der Waals surface area contributed by atoms with Crippen molar-refractivity contribution in [1.29, 1.82) is 0 Å². The summed E-state index contributed by atoms with van der Waals surface area (Å²) >= 11 is 0. The van der Waals surface area contributed by atoms with Crippen molar-refractivity contribution >= 4 is 5.97 Å². The molecular weight excluding hydrogens is 304 g/mol. The number of esters is 1. The minimum absolute atomic E-state index is 0.0347. The van der Waals surface area contributed by atoms with E-state index in [4.69, 9.17) is 9.84 Å². The number of hydrogen-bond donors (Lipinski definition) is 3. The summed E-state index contributed by atoms with van der Waals surface area (Å²) in [4.78, 5) is 11.5. The zero-order chi connectivity index (χ0) is 17.4. The van der Waals surface area contributed by atoms with Crippen molar-refractivity contribution in [2.24, 2.45) is 32.5 Å². The van der Waals surface area contributed by atoms with E-state index in [0.29, 0.717) is 39.7 Å². The van der Waals surface area contributed by atoms with Crippen LogP contribution in [0.4, 0.5) is 0 Å². The molecule has 6 rings (SSSR count). The van der Waals surface area contributed by atoms with Crippen LogP contribution in [-0.4, -0.2) is 50.0 Å². The summed E-state index contributed by atoms with van der Waals surface area (Å²) in [6.07, 6.45) is 2.59. The quantitative estimate of drug-likeness (QED) is 0.655. The average Bonchev–Trinajstić information content (AvgIpc) is 3.49. The highest BCUT2D eigenvalue weighted by Gasteiger charge is 3.00. The fourth-order valence-corrected chi connectivity index (χ4v) is 7.98. The second-order valence-electron chi connectivity index (χ2n) is 10.2. The van der Waals surface area contributed by atoms with Crippen molar-refractivity contribution < 1.29 is 14.6 Å². The van der Waals surface area contributed by atoms with Crippen molar-refractivity contribution in [2.45, 2.75) is 52.6 Å². The molecule has 6 fully saturated rings. The van der Waals surface area contributed by atoms with Crippen LogP contribution in [0.25, 0.3) is 0 Å². The Morgan fingerprint density at radius 1 is 1.04 bits per heavy atom. The number of carbonyl (C=O) groups is 1. The maximum Gasteiger partial charge on any atom is 0.323 e. The molecule has 0 bridgehead atoms. The third-order valence-electron chi connectivity index (χ3n) is 10.1. The van der Waals surface area contributed by atoms with Gasteiger partial charge in [0.1, 0.15) is 6.04 Å². The highest BCUT2D eigenvalue weighted by atomic mass is 16.5. The van der Waals surface area contributed by atoms with Gasteiger partial charge in [0.15, 0.2) is 0 Å². The van der Waals surface area contributed by atoms with Crippen LogP contribution < -0.4 is 10.6 Å². The summed E-state index contributed by atoms with van der Waals surface area (Å²) in [6.45, 7) is 11.7. The molecule has 0 aromatic carbocycles. The minimum atomic E-state index is -0.0787. The summed E-state index contributed by atoms with van der Waals surface area (Å²) in [5, 5.41) is 15.8. The molecule has 134 valence electrons. The molecular formula is C19H30N2O3. The molecule has 5 nitrogen and oxygen atoms in total. The van der Waals surface area contributed by atoms with Crippen LogP contribution in [0.1, 0.15) is 40.5 Å². The van der Waals surface area contributed by atoms with Gasteiger partial charge in [-0.1, -0.05) is 27.7 Å². The van der Waals surface area contributed by atoms with Crippen molar-refractivity contribution in [3.8, 4) is 0 Å². The second-order valence-corrected chi connectivity index (χ2v) is 10.2. The molecule has 0 aromatic rings. The Morgan fingerprint density at radius 2 is 1.58 bits per heavy atom. The predicted octanol–water partition coefficient (Wildman–Crippen LogP) is 0.914. The van der Waals surface area contributed by atoms with Gasteiger partial charge in [-0.3, -0.25) is 4.79 Å². The standard InChI is InChI=1S/C10H15NO2.C9H15NO/c1-8(2)9-4-10(8,9)6(11-5-9)7(12)13-3;1-7(2)8-4-9(7,8)6(3-11)10-5-8/h6,11H,4-5H2,1-3H3;6,10-11H,3-5H2,1-2H3/t6-,9?,10?;6-,8?,9?/m11/s1. The first-order valence-electron chi connectivity index (χ1n) is 9.31. The predicted molar refractivity (Wildman–Crippen MR) is 89.2 cm³/mol. The van der Waals surface area contributed by atoms with Gasteiger partial charge in [-0.15, -0.1) is 0 Å². The Labute approximate surface area is 143 Å². The maximum absolute atomic E-state index is 11.5. The number of methoxy groups -OCH3 is 1. The highest BCUT2D eigenvalue weighted by Crippen LogP contribution is 3.00. The molecule has 2 aliphatic heterocycles. The Morgan fingerprint density at radius 3 is 1.92 bits per heavy atom. The summed E-state index contributed by atoms with van der Waals surface area (Å²) in [6, 6.07) is 0.366. The zero-order valence-electron chi connectivity index (χ0n) is 15.5. The fourth-order valence-electron chi connectivity index (χ4n) is 7.98. The lowest BCUT2D eigenvalue weighted by molar-refractivity contribution is -0.144. The summed E-state index contributed by atoms with van der Waals surface area (Å²) in [5.74, 6) is -0.0787. The van der Waals surface area contributed by atoms with E-state index in [2.05, 4.69) is 38.3 Å². The van der Waals surface area contributed by atoms with E-state index in [1.54, 1.807) is 0 Å². The second kappa shape index (κ2) is 3.72. The fraction of sp³-hybridized carbons (Fsp3) is 0.947. The van der Waals surface area contributed by atoms with Gasteiger partial charge in [-0.05, 0) is 34.5 Å². The Balaban J connectivity index is 0.000000110. The van der Waals surface area contributed by atoms with Gasteiger partial charge >= 0.3 is 5.97 Å². The Bertz CT molecular complexity index is 661. The first kappa shape index (κ1) is 15.6. The van der Waals surface area contributed by atoms with Crippen LogP contribution in [0.2, 0.25) is 0 Å². The van der Waals surface area contributed by atoms with Crippen LogP contribution >= 0.6 is 0 Å². The van der Waals surface area contributed by atoms with E-state index in [-0.39, 0.29) is 17.4 Å². The normalized spacial score (nSPS) is 57.4. The number of rotatable bonds is 2. The number of carbonyl (C=O) groups excluding carboxylic acids is 1. The molecule has 0 spiro atoms. The number of hydrogen-bond acceptors (Lipinski definition) is 5. The summed E-state index contributed by atoms with van der Waals surface area (Å²) < 4.78 is 4.81. The molecule has 24 heavy (non-hydrogen) atoms. The number of ether oxygens (including phenoxy) is 1. The van der Waals surface area contributed by atoms with Gasteiger partial charge in [-0.2, -0.15) is 0 Å². The van der Waals surface area contributed by atoms with Gasteiger partial charge in [-0.25, -0.2) is 0 Å². The van der Waals surface area contributed by atoms with Gasteiger partial charge in [0.25, 0.3) is 0 Å². The van der Waals surface area contributed by atoms with Crippen LogP contribution in [0.5, 0.6) is 0 Å². The summed E-state index contributed by atoms with van der Waals surface area (Å²) in [5.41, 5.74) is 2.71. The van der Waals surface area contributed by atoms with Crippen molar-refractivity contribution in [3.05, 3.63) is 0 Å². The molecule has 2 saturated heterocycles. The topological polar surface area (TPSA) is 70.6 Å². The smallest absolute Gasteiger partial charge is 0.323 e. The molecule has 0 radical (unpaired) electrons. The van der Waals surface area contributed by atoms with E-state index >= 15 is 0 Å². The average molecular weight is 334 g/mol. The van der Waals surface area contributed by atoms with E-state index in [9.17, 15) is 4.79 Å². The maximum atomic E-state index is 11.5. The van der Waals surface area contributed by atoms with Gasteiger partial charge in [0, 0.05) is 30.0 Å². The van der Waals surface area contributed by atoms with E-state index in [1.165, 1.54) is 20.0 Å². The zero-order valence-corrected chi connectivity index (χ0v) is 15.5. The third-order valence-corrected chi connectivity index (χ3v) is 10.1. The molecule has 2 heterocycles. The SMILES string of the molecule is CC1(C)C23CN[C@H](CO)C12C3.COC(=O)[C@H]1NCC23CC12C3(C)C. The summed E-state index contributed by atoms with van der Waals surface area (Å²) in [7, 11) is 1.47. The van der Waals surface area contributed by atoms with Gasteiger partial charge in [0.2, 0.25) is 0 Å². The highest BCUT2D eigenvalue weighted by molar-refractivity contribution is 5.82. The van der Waals surface area contributed by atoms with Crippen LogP contribution in [0.3, 0.4) is 0 Å². The molecule has 0 aromatic heterocycles. The first-order valence-corrected chi connectivity index (χ1v) is 9.31. The molecule has 6 aliphatic rings. The van der Waals surface area contributed by atoms with Crippen molar-refractivity contribution in [2.75, 3.05) is 26.8 Å². The monoisotopic (exact) mass is 334 g/mol. The molecule has 4 aliphatic carbocycles. The lowest BCUT2D eigenvalue weighted by atomic mass is 9.82. The van der Waals surface area contributed by atoms with Crippen molar-refractivity contribution in [3.63, 3.8) is 0 Å². The van der Waals surface area contributed by atoms with E-state index in [1.807, 2.05) is 0 Å². The lowest BCUT2D eigenvalue weighted by Crippen LogP contribution is -2.46. The molecule has 6 atom stereocenters.